The van der Waals surface area contributed by atoms with Crippen LogP contribution in [-0.4, -0.2) is 31.9 Å². The topological polar surface area (TPSA) is 63.2 Å². The molecule has 0 saturated carbocycles. The van der Waals surface area contributed by atoms with Crippen LogP contribution >= 0.6 is 22.6 Å². The SMILES string of the molecule is O=C(N[C@@H]1CCS(=O)(=O)C1)c1cccc(I)c1. The minimum absolute atomic E-state index is 0.0582. The second-order valence-electron chi connectivity index (χ2n) is 4.08. The smallest absolute Gasteiger partial charge is 0.251 e. The van der Waals surface area contributed by atoms with Crippen LogP contribution in [0.2, 0.25) is 0 Å². The maximum atomic E-state index is 11.9. The second-order valence-corrected chi connectivity index (χ2v) is 7.56. The Labute approximate surface area is 114 Å². The fraction of sp³-hybridized carbons (Fsp3) is 0.364. The van der Waals surface area contributed by atoms with E-state index < -0.39 is 9.84 Å². The van der Waals surface area contributed by atoms with Gasteiger partial charge < -0.3 is 5.32 Å². The van der Waals surface area contributed by atoms with Gasteiger partial charge in [0, 0.05) is 15.2 Å². The number of sulfone groups is 1. The predicted octanol–water partition coefficient (Wildman–Crippen LogP) is 1.21. The van der Waals surface area contributed by atoms with Crippen molar-refractivity contribution in [3.63, 3.8) is 0 Å². The van der Waals surface area contributed by atoms with E-state index in [2.05, 4.69) is 27.9 Å². The maximum absolute atomic E-state index is 11.9. The van der Waals surface area contributed by atoms with E-state index >= 15 is 0 Å². The average molecular weight is 365 g/mol. The van der Waals surface area contributed by atoms with Crippen molar-refractivity contribution in [2.45, 2.75) is 12.5 Å². The summed E-state index contributed by atoms with van der Waals surface area (Å²) in [4.78, 5) is 11.9. The molecule has 17 heavy (non-hydrogen) atoms. The van der Waals surface area contributed by atoms with Crippen LogP contribution in [0.3, 0.4) is 0 Å². The van der Waals surface area contributed by atoms with Crippen molar-refractivity contribution in [3.8, 4) is 0 Å². The van der Waals surface area contributed by atoms with Crippen molar-refractivity contribution in [2.24, 2.45) is 0 Å². The first-order chi connectivity index (χ1) is 7.96. The summed E-state index contributed by atoms with van der Waals surface area (Å²) in [6, 6.07) is 6.96. The Morgan fingerprint density at radius 3 is 2.76 bits per heavy atom. The standard InChI is InChI=1S/C11H12INO3S/c12-9-3-1-2-8(6-9)11(14)13-10-4-5-17(15,16)7-10/h1-3,6,10H,4-5,7H2,(H,13,14)/t10-/m1/s1. The van der Waals surface area contributed by atoms with Gasteiger partial charge in [-0.25, -0.2) is 8.42 Å². The van der Waals surface area contributed by atoms with Crippen LogP contribution in [0.15, 0.2) is 24.3 Å². The number of carbonyl (C=O) groups is 1. The van der Waals surface area contributed by atoms with Crippen LogP contribution in [0, 0.1) is 3.57 Å². The lowest BCUT2D eigenvalue weighted by Gasteiger charge is -2.10. The van der Waals surface area contributed by atoms with Crippen molar-refractivity contribution in [2.75, 3.05) is 11.5 Å². The highest BCUT2D eigenvalue weighted by molar-refractivity contribution is 14.1. The first-order valence-corrected chi connectivity index (χ1v) is 8.13. The number of amides is 1. The van der Waals surface area contributed by atoms with E-state index in [0.29, 0.717) is 12.0 Å². The van der Waals surface area contributed by atoms with E-state index in [9.17, 15) is 13.2 Å². The molecule has 1 N–H and O–H groups in total. The molecule has 1 aromatic carbocycles. The normalized spacial score (nSPS) is 22.3. The number of nitrogens with one attached hydrogen (secondary N) is 1. The monoisotopic (exact) mass is 365 g/mol. The third kappa shape index (κ3) is 3.41. The number of carbonyl (C=O) groups excluding carboxylic acids is 1. The fourth-order valence-corrected chi connectivity index (χ4v) is 4.02. The molecule has 1 heterocycles. The summed E-state index contributed by atoms with van der Waals surface area (Å²) in [6.45, 7) is 0. The van der Waals surface area contributed by atoms with Crippen molar-refractivity contribution < 1.29 is 13.2 Å². The van der Waals surface area contributed by atoms with Crippen LogP contribution < -0.4 is 5.32 Å². The van der Waals surface area contributed by atoms with Crippen LogP contribution in [-0.2, 0) is 9.84 Å². The summed E-state index contributed by atoms with van der Waals surface area (Å²) in [7, 11) is -2.95. The predicted molar refractivity (Wildman–Crippen MR) is 73.7 cm³/mol. The van der Waals surface area contributed by atoms with Crippen LogP contribution in [0.1, 0.15) is 16.8 Å². The van der Waals surface area contributed by atoms with Gasteiger partial charge in [0.05, 0.1) is 11.5 Å². The highest BCUT2D eigenvalue weighted by Crippen LogP contribution is 2.13. The van der Waals surface area contributed by atoms with Gasteiger partial charge in [-0.15, -0.1) is 0 Å². The molecule has 2 rings (SSSR count). The zero-order valence-corrected chi connectivity index (χ0v) is 12.0. The lowest BCUT2D eigenvalue weighted by molar-refractivity contribution is 0.0941. The molecule has 0 radical (unpaired) electrons. The first kappa shape index (κ1) is 12.8. The zero-order valence-electron chi connectivity index (χ0n) is 9.02. The molecule has 1 aromatic rings. The molecule has 1 aliphatic heterocycles. The molecule has 1 saturated heterocycles. The minimum atomic E-state index is -2.95. The largest absolute Gasteiger partial charge is 0.348 e. The summed E-state index contributed by atoms with van der Waals surface area (Å²) < 4.78 is 23.5. The molecule has 0 bridgehead atoms. The second kappa shape index (κ2) is 4.93. The van der Waals surface area contributed by atoms with E-state index in [-0.39, 0.29) is 23.5 Å². The number of hydrogen-bond donors (Lipinski definition) is 1. The number of halogens is 1. The molecular formula is C11H12INO3S. The molecule has 1 aliphatic rings. The Hall–Kier alpha value is -0.630. The number of benzene rings is 1. The molecule has 0 spiro atoms. The van der Waals surface area contributed by atoms with Gasteiger partial charge >= 0.3 is 0 Å². The summed E-state index contributed by atoms with van der Waals surface area (Å²) in [5.74, 6) is 0.0260. The molecule has 6 heteroatoms. The lowest BCUT2D eigenvalue weighted by Crippen LogP contribution is -2.35. The highest BCUT2D eigenvalue weighted by Gasteiger charge is 2.29. The Morgan fingerprint density at radius 1 is 1.41 bits per heavy atom. The van der Waals surface area contributed by atoms with Gasteiger partial charge in [0.1, 0.15) is 0 Å². The number of hydrogen-bond acceptors (Lipinski definition) is 3. The van der Waals surface area contributed by atoms with Crippen molar-refractivity contribution in [1.29, 1.82) is 0 Å². The summed E-state index contributed by atoms with van der Waals surface area (Å²) in [5.41, 5.74) is 0.571. The van der Waals surface area contributed by atoms with Gasteiger partial charge in [-0.1, -0.05) is 6.07 Å². The van der Waals surface area contributed by atoms with Gasteiger partial charge in [-0.3, -0.25) is 4.79 Å². The molecule has 1 amide bonds. The third-order valence-electron chi connectivity index (χ3n) is 2.65. The number of rotatable bonds is 2. The molecule has 0 unspecified atom stereocenters. The average Bonchev–Trinajstić information content (AvgIpc) is 2.58. The van der Waals surface area contributed by atoms with Gasteiger partial charge in [0.2, 0.25) is 0 Å². The maximum Gasteiger partial charge on any atom is 0.251 e. The van der Waals surface area contributed by atoms with Crippen molar-refractivity contribution >= 4 is 38.3 Å². The van der Waals surface area contributed by atoms with E-state index in [1.54, 1.807) is 12.1 Å². The Kier molecular flexibility index (Phi) is 3.72. The minimum Gasteiger partial charge on any atom is -0.348 e. The summed E-state index contributed by atoms with van der Waals surface area (Å²) >= 11 is 2.13. The Bertz CT molecular complexity index is 541. The molecule has 0 aromatic heterocycles. The van der Waals surface area contributed by atoms with E-state index in [4.69, 9.17) is 0 Å². The molecule has 92 valence electrons. The highest BCUT2D eigenvalue weighted by atomic mass is 127. The molecule has 1 fully saturated rings. The summed E-state index contributed by atoms with van der Waals surface area (Å²) in [5, 5.41) is 2.76. The Balaban J connectivity index is 2.03. The summed E-state index contributed by atoms with van der Waals surface area (Å²) in [6.07, 6.45) is 0.512. The molecule has 0 aliphatic carbocycles. The van der Waals surface area contributed by atoms with Crippen molar-refractivity contribution in [3.05, 3.63) is 33.4 Å². The quantitative estimate of drug-likeness (QED) is 0.802. The lowest BCUT2D eigenvalue weighted by atomic mass is 10.2. The van der Waals surface area contributed by atoms with E-state index in [0.717, 1.165) is 3.57 Å². The van der Waals surface area contributed by atoms with Crippen molar-refractivity contribution in [1.82, 2.24) is 5.32 Å². The van der Waals surface area contributed by atoms with Gasteiger partial charge in [0.15, 0.2) is 9.84 Å². The first-order valence-electron chi connectivity index (χ1n) is 5.23. The van der Waals surface area contributed by atoms with Gasteiger partial charge in [-0.2, -0.15) is 0 Å². The Morgan fingerprint density at radius 2 is 2.18 bits per heavy atom. The van der Waals surface area contributed by atoms with Gasteiger partial charge in [0.25, 0.3) is 5.91 Å². The third-order valence-corrected chi connectivity index (χ3v) is 5.09. The fourth-order valence-electron chi connectivity index (χ4n) is 1.81. The molecule has 4 nitrogen and oxygen atoms in total. The van der Waals surface area contributed by atoms with Crippen LogP contribution in [0.25, 0.3) is 0 Å². The zero-order chi connectivity index (χ0) is 12.5. The van der Waals surface area contributed by atoms with Crippen LogP contribution in [0.5, 0.6) is 0 Å². The van der Waals surface area contributed by atoms with E-state index in [1.807, 2.05) is 12.1 Å². The van der Waals surface area contributed by atoms with Crippen LogP contribution in [0.4, 0.5) is 0 Å². The molecular weight excluding hydrogens is 353 g/mol. The van der Waals surface area contributed by atoms with E-state index in [1.165, 1.54) is 0 Å². The molecule has 1 atom stereocenters. The van der Waals surface area contributed by atoms with Gasteiger partial charge in [-0.05, 0) is 47.2 Å².